The van der Waals surface area contributed by atoms with Gasteiger partial charge in [-0.1, -0.05) is 6.92 Å². The summed E-state index contributed by atoms with van der Waals surface area (Å²) in [6.07, 6.45) is 3.35. The smallest absolute Gasteiger partial charge is 0.132 e. The van der Waals surface area contributed by atoms with E-state index in [-0.39, 0.29) is 0 Å². The molecule has 0 aromatic carbocycles. The van der Waals surface area contributed by atoms with Gasteiger partial charge in [-0.25, -0.2) is 4.98 Å². The van der Waals surface area contributed by atoms with Crippen molar-refractivity contribution in [1.29, 1.82) is 0 Å². The maximum atomic E-state index is 11.0. The van der Waals surface area contributed by atoms with Crippen molar-refractivity contribution >= 4 is 17.1 Å². The van der Waals surface area contributed by atoms with E-state index in [9.17, 15) is 4.79 Å². The van der Waals surface area contributed by atoms with Crippen LogP contribution >= 0.6 is 11.3 Å². The number of hydrogen-bond donors (Lipinski definition) is 0. The van der Waals surface area contributed by atoms with Gasteiger partial charge in [0.1, 0.15) is 5.78 Å². The molecule has 0 N–H and O–H groups in total. The van der Waals surface area contributed by atoms with Gasteiger partial charge in [0.25, 0.3) is 0 Å². The number of thiazole rings is 1. The first-order valence-corrected chi connectivity index (χ1v) is 5.52. The third kappa shape index (κ3) is 3.27. The zero-order valence-electron chi connectivity index (χ0n) is 8.17. The lowest BCUT2D eigenvalue weighted by atomic mass is 10.1. The number of aryl methyl sites for hydroxylation is 2. The third-order valence-corrected chi connectivity index (χ3v) is 3.09. The maximum Gasteiger partial charge on any atom is 0.132 e. The largest absolute Gasteiger partial charge is 0.300 e. The van der Waals surface area contributed by atoms with E-state index in [2.05, 4.69) is 4.98 Å². The van der Waals surface area contributed by atoms with Gasteiger partial charge in [-0.3, -0.25) is 4.79 Å². The monoisotopic (exact) mass is 197 g/mol. The molecule has 0 radical (unpaired) electrons. The van der Waals surface area contributed by atoms with Crippen LogP contribution < -0.4 is 0 Å². The highest BCUT2D eigenvalue weighted by molar-refractivity contribution is 7.09. The molecule has 1 rings (SSSR count). The van der Waals surface area contributed by atoms with Gasteiger partial charge in [-0.15, -0.1) is 11.3 Å². The molecule has 0 spiro atoms. The SMILES string of the molecule is CCC(=O)CCCc1scnc1C. The number of Topliss-reactive ketones (excluding diaryl/α,β-unsaturated/α-hetero) is 1. The second-order valence-corrected chi connectivity index (χ2v) is 4.05. The van der Waals surface area contributed by atoms with Crippen molar-refractivity contribution in [3.8, 4) is 0 Å². The van der Waals surface area contributed by atoms with E-state index in [0.717, 1.165) is 18.5 Å². The third-order valence-electron chi connectivity index (χ3n) is 2.10. The van der Waals surface area contributed by atoms with E-state index in [1.54, 1.807) is 11.3 Å². The van der Waals surface area contributed by atoms with Gasteiger partial charge < -0.3 is 0 Å². The summed E-state index contributed by atoms with van der Waals surface area (Å²) < 4.78 is 0. The molecule has 3 heteroatoms. The summed E-state index contributed by atoms with van der Waals surface area (Å²) >= 11 is 1.69. The van der Waals surface area contributed by atoms with Crippen LogP contribution in [-0.4, -0.2) is 10.8 Å². The maximum absolute atomic E-state index is 11.0. The van der Waals surface area contributed by atoms with Crippen LogP contribution in [-0.2, 0) is 11.2 Å². The minimum atomic E-state index is 0.363. The lowest BCUT2D eigenvalue weighted by Gasteiger charge is -1.97. The number of hydrogen-bond acceptors (Lipinski definition) is 3. The van der Waals surface area contributed by atoms with Crippen molar-refractivity contribution in [3.63, 3.8) is 0 Å². The fourth-order valence-electron chi connectivity index (χ4n) is 1.19. The van der Waals surface area contributed by atoms with E-state index >= 15 is 0 Å². The summed E-state index contributed by atoms with van der Waals surface area (Å²) in [6, 6.07) is 0. The molecule has 13 heavy (non-hydrogen) atoms. The van der Waals surface area contributed by atoms with Crippen LogP contribution in [0.2, 0.25) is 0 Å². The van der Waals surface area contributed by atoms with Crippen LogP contribution in [0.25, 0.3) is 0 Å². The number of carbonyl (C=O) groups is 1. The van der Waals surface area contributed by atoms with Gasteiger partial charge in [-0.2, -0.15) is 0 Å². The molecule has 0 aliphatic heterocycles. The van der Waals surface area contributed by atoms with E-state index in [4.69, 9.17) is 0 Å². The minimum Gasteiger partial charge on any atom is -0.300 e. The zero-order chi connectivity index (χ0) is 9.68. The number of aromatic nitrogens is 1. The van der Waals surface area contributed by atoms with Gasteiger partial charge >= 0.3 is 0 Å². The normalized spacial score (nSPS) is 10.3. The van der Waals surface area contributed by atoms with E-state index in [1.165, 1.54) is 4.88 Å². The molecule has 1 aromatic heterocycles. The molecule has 2 nitrogen and oxygen atoms in total. The Hall–Kier alpha value is -0.700. The highest BCUT2D eigenvalue weighted by Gasteiger charge is 2.02. The lowest BCUT2D eigenvalue weighted by Crippen LogP contribution is -1.96. The molecular formula is C10H15NOS. The Kier molecular flexibility index (Phi) is 4.09. The zero-order valence-corrected chi connectivity index (χ0v) is 8.99. The summed E-state index contributed by atoms with van der Waals surface area (Å²) in [5.41, 5.74) is 2.99. The van der Waals surface area contributed by atoms with Crippen LogP contribution in [0.4, 0.5) is 0 Å². The van der Waals surface area contributed by atoms with Crippen molar-refractivity contribution in [2.24, 2.45) is 0 Å². The molecule has 0 fully saturated rings. The van der Waals surface area contributed by atoms with Crippen molar-refractivity contribution in [2.75, 3.05) is 0 Å². The molecule has 72 valence electrons. The van der Waals surface area contributed by atoms with Crippen LogP contribution in [0.15, 0.2) is 5.51 Å². The fourth-order valence-corrected chi connectivity index (χ4v) is 2.01. The van der Waals surface area contributed by atoms with Crippen molar-refractivity contribution < 1.29 is 4.79 Å². The number of nitrogens with zero attached hydrogens (tertiary/aromatic N) is 1. The molecule has 0 saturated heterocycles. The summed E-state index contributed by atoms with van der Waals surface area (Å²) in [7, 11) is 0. The number of ketones is 1. The van der Waals surface area contributed by atoms with Gasteiger partial charge in [0.05, 0.1) is 11.2 Å². The van der Waals surface area contributed by atoms with E-state index in [1.807, 2.05) is 19.4 Å². The topological polar surface area (TPSA) is 30.0 Å². The lowest BCUT2D eigenvalue weighted by molar-refractivity contribution is -0.118. The first kappa shape index (κ1) is 10.4. The van der Waals surface area contributed by atoms with Crippen molar-refractivity contribution in [3.05, 3.63) is 16.1 Å². The van der Waals surface area contributed by atoms with Crippen LogP contribution in [0.5, 0.6) is 0 Å². The predicted molar refractivity (Wildman–Crippen MR) is 55.1 cm³/mol. The summed E-state index contributed by atoms with van der Waals surface area (Å²) in [6.45, 7) is 3.94. The molecule has 0 bridgehead atoms. The average molecular weight is 197 g/mol. The Morgan fingerprint density at radius 2 is 2.38 bits per heavy atom. The molecular weight excluding hydrogens is 182 g/mol. The first-order valence-electron chi connectivity index (χ1n) is 4.64. The average Bonchev–Trinajstić information content (AvgIpc) is 2.52. The Morgan fingerprint density at radius 3 is 2.92 bits per heavy atom. The van der Waals surface area contributed by atoms with Gasteiger partial charge in [0, 0.05) is 17.7 Å². The highest BCUT2D eigenvalue weighted by atomic mass is 32.1. The first-order chi connectivity index (χ1) is 6.24. The number of carbonyl (C=O) groups excluding carboxylic acids is 1. The summed E-state index contributed by atoms with van der Waals surface area (Å²) in [5, 5.41) is 0. The van der Waals surface area contributed by atoms with Crippen molar-refractivity contribution in [1.82, 2.24) is 4.98 Å². The fraction of sp³-hybridized carbons (Fsp3) is 0.600. The predicted octanol–water partition coefficient (Wildman–Crippen LogP) is 2.75. The quantitative estimate of drug-likeness (QED) is 0.726. The van der Waals surface area contributed by atoms with E-state index < -0.39 is 0 Å². The highest BCUT2D eigenvalue weighted by Crippen LogP contribution is 2.15. The summed E-state index contributed by atoms with van der Waals surface area (Å²) in [4.78, 5) is 16.5. The molecule has 0 atom stereocenters. The van der Waals surface area contributed by atoms with E-state index in [0.29, 0.717) is 18.6 Å². The molecule has 0 unspecified atom stereocenters. The Balaban J connectivity index is 2.28. The standard InChI is InChI=1S/C10H15NOS/c1-3-9(12)5-4-6-10-8(2)11-7-13-10/h7H,3-6H2,1-2H3. The van der Waals surface area contributed by atoms with Crippen LogP contribution in [0.3, 0.4) is 0 Å². The summed E-state index contributed by atoms with van der Waals surface area (Å²) in [5.74, 6) is 0.363. The van der Waals surface area contributed by atoms with Crippen LogP contribution in [0.1, 0.15) is 36.8 Å². The van der Waals surface area contributed by atoms with Crippen molar-refractivity contribution in [2.45, 2.75) is 39.5 Å². The Bertz CT molecular complexity index is 280. The van der Waals surface area contributed by atoms with Crippen LogP contribution in [0, 0.1) is 6.92 Å². The Labute approximate surface area is 83.0 Å². The molecule has 0 aliphatic rings. The van der Waals surface area contributed by atoms with Gasteiger partial charge in [-0.05, 0) is 19.8 Å². The minimum absolute atomic E-state index is 0.363. The molecule has 1 aromatic rings. The van der Waals surface area contributed by atoms with Gasteiger partial charge in [0.2, 0.25) is 0 Å². The Morgan fingerprint density at radius 1 is 1.62 bits per heavy atom. The molecule has 0 aliphatic carbocycles. The second-order valence-electron chi connectivity index (χ2n) is 3.11. The second kappa shape index (κ2) is 5.12. The molecule has 0 amide bonds. The molecule has 0 saturated carbocycles. The van der Waals surface area contributed by atoms with Gasteiger partial charge in [0.15, 0.2) is 0 Å². The molecule has 1 heterocycles. The number of rotatable bonds is 5.